The highest BCUT2D eigenvalue weighted by Crippen LogP contribution is 2.23. The Hall–Kier alpha value is -3.19. The van der Waals surface area contributed by atoms with Crippen molar-refractivity contribution in [3.63, 3.8) is 0 Å². The van der Waals surface area contributed by atoms with Crippen LogP contribution in [0.5, 0.6) is 0 Å². The van der Waals surface area contributed by atoms with Gasteiger partial charge in [0, 0.05) is 35.9 Å². The molecule has 0 bridgehead atoms. The van der Waals surface area contributed by atoms with E-state index in [2.05, 4.69) is 10.3 Å². The third-order valence-corrected chi connectivity index (χ3v) is 3.65. The molecular weight excluding hydrogens is 332 g/mol. The third-order valence-electron chi connectivity index (χ3n) is 3.34. The number of hydrogen-bond acceptors (Lipinski definition) is 4. The minimum absolute atomic E-state index is 0.0248. The maximum atomic E-state index is 12.2. The quantitative estimate of drug-likeness (QED) is 0.578. The molecule has 0 atom stereocenters. The van der Waals surface area contributed by atoms with Crippen molar-refractivity contribution < 1.29 is 9.72 Å². The van der Waals surface area contributed by atoms with Crippen molar-refractivity contribution >= 4 is 28.9 Å². The summed E-state index contributed by atoms with van der Waals surface area (Å²) in [5, 5.41) is 13.4. The van der Waals surface area contributed by atoms with E-state index >= 15 is 0 Å². The second-order valence-electron chi connectivity index (χ2n) is 4.89. The van der Waals surface area contributed by atoms with E-state index < -0.39 is 10.8 Å². The monoisotopic (exact) mass is 342 g/mol. The number of hydrogen-bond donors (Lipinski definition) is 1. The number of aromatic nitrogens is 2. The highest BCUT2D eigenvalue weighted by Gasteiger charge is 2.15. The Kier molecular flexibility index (Phi) is 4.26. The first-order valence-electron chi connectivity index (χ1n) is 6.88. The first kappa shape index (κ1) is 15.7. The molecule has 1 heterocycles. The molecule has 1 aromatic heterocycles. The summed E-state index contributed by atoms with van der Waals surface area (Å²) >= 11 is 5.95. The summed E-state index contributed by atoms with van der Waals surface area (Å²) in [6.45, 7) is 0. The molecule has 1 N–H and O–H groups in total. The Morgan fingerprint density at radius 3 is 2.54 bits per heavy atom. The second kappa shape index (κ2) is 6.51. The largest absolute Gasteiger partial charge is 0.322 e. The van der Waals surface area contributed by atoms with Gasteiger partial charge in [0.2, 0.25) is 0 Å². The van der Waals surface area contributed by atoms with Gasteiger partial charge >= 0.3 is 0 Å². The SMILES string of the molecule is O=C(Nc1ccc(-n2ccnc2)cc1)c1ccc([N+](=O)[O-])cc1Cl. The molecule has 0 spiro atoms. The average molecular weight is 343 g/mol. The number of benzene rings is 2. The molecule has 0 radical (unpaired) electrons. The Balaban J connectivity index is 1.76. The number of carbonyl (C=O) groups is 1. The predicted molar refractivity (Wildman–Crippen MR) is 89.6 cm³/mol. The summed E-state index contributed by atoms with van der Waals surface area (Å²) in [5.41, 5.74) is 1.49. The predicted octanol–water partition coefficient (Wildman–Crippen LogP) is 3.69. The molecule has 8 heteroatoms. The number of rotatable bonds is 4. The fourth-order valence-corrected chi connectivity index (χ4v) is 2.39. The molecule has 7 nitrogen and oxygen atoms in total. The van der Waals surface area contributed by atoms with Crippen LogP contribution in [0.2, 0.25) is 5.02 Å². The van der Waals surface area contributed by atoms with E-state index in [9.17, 15) is 14.9 Å². The van der Waals surface area contributed by atoms with Gasteiger partial charge in [-0.3, -0.25) is 14.9 Å². The van der Waals surface area contributed by atoms with Gasteiger partial charge in [-0.05, 0) is 30.3 Å². The van der Waals surface area contributed by atoms with Gasteiger partial charge < -0.3 is 9.88 Å². The topological polar surface area (TPSA) is 90.1 Å². The van der Waals surface area contributed by atoms with Gasteiger partial charge in [0.25, 0.3) is 11.6 Å². The Morgan fingerprint density at radius 2 is 1.96 bits per heavy atom. The summed E-state index contributed by atoms with van der Waals surface area (Å²) in [5.74, 6) is -0.440. The lowest BCUT2D eigenvalue weighted by molar-refractivity contribution is -0.384. The van der Waals surface area contributed by atoms with E-state index in [1.807, 2.05) is 22.9 Å². The fraction of sp³-hybridized carbons (Fsp3) is 0. The van der Waals surface area contributed by atoms with Crippen LogP contribution in [0.15, 0.2) is 61.2 Å². The Morgan fingerprint density at radius 1 is 1.21 bits per heavy atom. The van der Waals surface area contributed by atoms with Crippen molar-refractivity contribution in [2.24, 2.45) is 0 Å². The highest BCUT2D eigenvalue weighted by atomic mass is 35.5. The van der Waals surface area contributed by atoms with Crippen LogP contribution in [-0.2, 0) is 0 Å². The van der Waals surface area contributed by atoms with Gasteiger partial charge in [-0.2, -0.15) is 0 Å². The summed E-state index contributed by atoms with van der Waals surface area (Å²) in [7, 11) is 0. The van der Waals surface area contributed by atoms with E-state index in [-0.39, 0.29) is 16.3 Å². The number of amides is 1. The van der Waals surface area contributed by atoms with Crippen LogP contribution in [0.3, 0.4) is 0 Å². The number of nitro benzene ring substituents is 1. The van der Waals surface area contributed by atoms with Gasteiger partial charge in [0.05, 0.1) is 21.8 Å². The van der Waals surface area contributed by atoms with Crippen LogP contribution >= 0.6 is 11.6 Å². The molecule has 0 fully saturated rings. The number of nitro groups is 1. The first-order valence-corrected chi connectivity index (χ1v) is 7.26. The molecular formula is C16H11ClN4O3. The minimum atomic E-state index is -0.567. The molecule has 0 saturated carbocycles. The van der Waals surface area contributed by atoms with Crippen LogP contribution in [0, 0.1) is 10.1 Å². The van der Waals surface area contributed by atoms with Crippen molar-refractivity contribution in [1.29, 1.82) is 0 Å². The van der Waals surface area contributed by atoms with E-state index in [0.717, 1.165) is 11.8 Å². The molecule has 0 aliphatic carbocycles. The highest BCUT2D eigenvalue weighted by molar-refractivity contribution is 6.34. The van der Waals surface area contributed by atoms with Crippen LogP contribution in [0.4, 0.5) is 11.4 Å². The molecule has 3 rings (SSSR count). The zero-order valence-electron chi connectivity index (χ0n) is 12.2. The normalized spacial score (nSPS) is 10.4. The van der Waals surface area contributed by atoms with E-state index in [4.69, 9.17) is 11.6 Å². The number of anilines is 1. The number of non-ortho nitro benzene ring substituents is 1. The zero-order chi connectivity index (χ0) is 17.1. The lowest BCUT2D eigenvalue weighted by Crippen LogP contribution is -2.12. The van der Waals surface area contributed by atoms with Crippen molar-refractivity contribution in [3.8, 4) is 5.69 Å². The number of halogens is 1. The van der Waals surface area contributed by atoms with Crippen LogP contribution in [-0.4, -0.2) is 20.4 Å². The summed E-state index contributed by atoms with van der Waals surface area (Å²) in [6.07, 6.45) is 5.15. The van der Waals surface area contributed by atoms with Crippen LogP contribution in [0.1, 0.15) is 10.4 Å². The average Bonchev–Trinajstić information content (AvgIpc) is 3.09. The number of nitrogens with one attached hydrogen (secondary N) is 1. The molecule has 1 amide bonds. The van der Waals surface area contributed by atoms with Gasteiger partial charge in [-0.25, -0.2) is 4.98 Å². The molecule has 3 aromatic rings. The molecule has 2 aromatic carbocycles. The molecule has 0 aliphatic heterocycles. The van der Waals surface area contributed by atoms with Crippen molar-refractivity contribution in [1.82, 2.24) is 9.55 Å². The fourth-order valence-electron chi connectivity index (χ4n) is 2.13. The van der Waals surface area contributed by atoms with Crippen molar-refractivity contribution in [2.45, 2.75) is 0 Å². The zero-order valence-corrected chi connectivity index (χ0v) is 13.0. The molecule has 0 aliphatic rings. The van der Waals surface area contributed by atoms with E-state index in [1.165, 1.54) is 12.1 Å². The molecule has 0 unspecified atom stereocenters. The summed E-state index contributed by atoms with van der Waals surface area (Å²) in [6, 6.07) is 10.9. The summed E-state index contributed by atoms with van der Waals surface area (Å²) in [4.78, 5) is 26.3. The Labute approximate surface area is 141 Å². The molecule has 24 heavy (non-hydrogen) atoms. The number of nitrogens with zero attached hydrogens (tertiary/aromatic N) is 3. The second-order valence-corrected chi connectivity index (χ2v) is 5.30. The van der Waals surface area contributed by atoms with Crippen LogP contribution in [0.25, 0.3) is 5.69 Å². The molecule has 120 valence electrons. The van der Waals surface area contributed by atoms with Crippen molar-refractivity contribution in [3.05, 3.63) is 81.9 Å². The van der Waals surface area contributed by atoms with Crippen molar-refractivity contribution in [2.75, 3.05) is 5.32 Å². The van der Waals surface area contributed by atoms with Gasteiger partial charge in [0.15, 0.2) is 0 Å². The number of imidazole rings is 1. The van der Waals surface area contributed by atoms with Crippen LogP contribution < -0.4 is 5.32 Å². The maximum Gasteiger partial charge on any atom is 0.270 e. The lowest BCUT2D eigenvalue weighted by atomic mass is 10.2. The summed E-state index contributed by atoms with van der Waals surface area (Å²) < 4.78 is 1.83. The maximum absolute atomic E-state index is 12.2. The lowest BCUT2D eigenvalue weighted by Gasteiger charge is -2.08. The Bertz CT molecular complexity index is 892. The van der Waals surface area contributed by atoms with E-state index in [0.29, 0.717) is 5.69 Å². The standard InChI is InChI=1S/C16H11ClN4O3/c17-15-9-13(21(23)24)5-6-14(15)16(22)19-11-1-3-12(4-2-11)20-8-7-18-10-20/h1-10H,(H,19,22). The van der Waals surface area contributed by atoms with Gasteiger partial charge in [-0.15, -0.1) is 0 Å². The smallest absolute Gasteiger partial charge is 0.270 e. The number of carbonyl (C=O) groups excluding carboxylic acids is 1. The first-order chi connectivity index (χ1) is 11.5. The van der Waals surface area contributed by atoms with Gasteiger partial charge in [0.1, 0.15) is 0 Å². The third kappa shape index (κ3) is 3.26. The van der Waals surface area contributed by atoms with Gasteiger partial charge in [-0.1, -0.05) is 11.6 Å². The van der Waals surface area contributed by atoms with E-state index in [1.54, 1.807) is 24.7 Å². The molecule has 0 saturated heterocycles. The minimum Gasteiger partial charge on any atom is -0.322 e.